The van der Waals surface area contributed by atoms with Crippen LogP contribution in [-0.2, 0) is 0 Å². The van der Waals surface area contributed by atoms with E-state index in [0.29, 0.717) is 19.5 Å². The third-order valence-corrected chi connectivity index (χ3v) is 1.95. The average Bonchev–Trinajstić information content (AvgIpc) is 2.46. The number of nitrogens with zero attached hydrogens (tertiary/aromatic N) is 1. The highest BCUT2D eigenvalue weighted by atomic mass is 19.4. The van der Waals surface area contributed by atoms with Gasteiger partial charge in [0.15, 0.2) is 0 Å². The maximum absolute atomic E-state index is 11.7. The van der Waals surface area contributed by atoms with Crippen molar-refractivity contribution in [2.75, 3.05) is 19.6 Å². The monoisotopic (exact) mass is 211 g/mol. The summed E-state index contributed by atoms with van der Waals surface area (Å²) in [6.07, 6.45) is -3.73. The van der Waals surface area contributed by atoms with Gasteiger partial charge in [0.2, 0.25) is 0 Å². The predicted molar refractivity (Wildman–Crippen MR) is 43.6 cm³/mol. The van der Waals surface area contributed by atoms with E-state index in [1.807, 2.05) is 0 Å². The first-order valence-corrected chi connectivity index (χ1v) is 4.23. The number of carbonyl (C=O) groups excluding carboxylic acids is 1. The second-order valence-corrected chi connectivity index (χ2v) is 3.27. The maximum Gasteiger partial charge on any atom is 0.405 e. The first kappa shape index (κ1) is 11.1. The fraction of sp³-hybridized carbons (Fsp3) is 0.857. The standard InChI is InChI=1S/C7H12F3N3O/c8-7(9,10)4-12-6(14)13-2-1-5(11)3-13/h5H,1-4,11H2,(H,12,14)/t5-/m0/s1. The van der Waals surface area contributed by atoms with Crippen molar-refractivity contribution in [3.8, 4) is 0 Å². The summed E-state index contributed by atoms with van der Waals surface area (Å²) in [5.74, 6) is 0. The van der Waals surface area contributed by atoms with Gasteiger partial charge in [0.05, 0.1) is 0 Å². The van der Waals surface area contributed by atoms with E-state index in [1.54, 1.807) is 5.32 Å². The average molecular weight is 211 g/mol. The lowest BCUT2D eigenvalue weighted by Gasteiger charge is -2.17. The molecule has 4 nitrogen and oxygen atoms in total. The van der Waals surface area contributed by atoms with Gasteiger partial charge in [-0.05, 0) is 6.42 Å². The zero-order valence-electron chi connectivity index (χ0n) is 7.47. The van der Waals surface area contributed by atoms with Gasteiger partial charge in [0.1, 0.15) is 6.54 Å². The van der Waals surface area contributed by atoms with E-state index in [0.717, 1.165) is 0 Å². The molecule has 14 heavy (non-hydrogen) atoms. The number of alkyl halides is 3. The Kier molecular flexibility index (Phi) is 3.20. The molecule has 2 amide bonds. The van der Waals surface area contributed by atoms with Crippen LogP contribution in [0, 0.1) is 0 Å². The van der Waals surface area contributed by atoms with Crippen LogP contribution in [0.1, 0.15) is 6.42 Å². The number of amides is 2. The van der Waals surface area contributed by atoms with Gasteiger partial charge in [-0.15, -0.1) is 0 Å². The summed E-state index contributed by atoms with van der Waals surface area (Å²) in [5, 5.41) is 1.79. The summed E-state index contributed by atoms with van der Waals surface area (Å²) in [5.41, 5.74) is 5.50. The largest absolute Gasteiger partial charge is 0.405 e. The molecule has 0 aliphatic carbocycles. The molecule has 0 aromatic heterocycles. The molecule has 3 N–H and O–H groups in total. The minimum absolute atomic E-state index is 0.119. The van der Waals surface area contributed by atoms with E-state index in [4.69, 9.17) is 5.73 Å². The van der Waals surface area contributed by atoms with Gasteiger partial charge in [-0.2, -0.15) is 13.2 Å². The molecular weight excluding hydrogens is 199 g/mol. The number of hydrogen-bond acceptors (Lipinski definition) is 2. The minimum atomic E-state index is -4.36. The molecule has 1 atom stereocenters. The third-order valence-electron chi connectivity index (χ3n) is 1.95. The predicted octanol–water partition coefficient (Wildman–Crippen LogP) is 0.291. The Morgan fingerprint density at radius 2 is 2.21 bits per heavy atom. The van der Waals surface area contributed by atoms with E-state index < -0.39 is 18.8 Å². The van der Waals surface area contributed by atoms with E-state index in [-0.39, 0.29) is 6.04 Å². The molecule has 1 saturated heterocycles. The smallest absolute Gasteiger partial charge is 0.329 e. The van der Waals surface area contributed by atoms with Crippen LogP contribution in [0.5, 0.6) is 0 Å². The molecule has 0 radical (unpaired) electrons. The van der Waals surface area contributed by atoms with Crippen molar-refractivity contribution in [1.82, 2.24) is 10.2 Å². The summed E-state index contributed by atoms with van der Waals surface area (Å²) in [6, 6.07) is -0.818. The van der Waals surface area contributed by atoms with E-state index in [1.165, 1.54) is 4.90 Å². The summed E-state index contributed by atoms with van der Waals surface area (Å²) in [4.78, 5) is 12.4. The zero-order valence-corrected chi connectivity index (χ0v) is 7.47. The molecule has 0 bridgehead atoms. The number of halogens is 3. The number of likely N-dealkylation sites (tertiary alicyclic amines) is 1. The lowest BCUT2D eigenvalue weighted by molar-refractivity contribution is -0.123. The summed E-state index contributed by atoms with van der Waals surface area (Å²) in [6.45, 7) is -0.549. The second kappa shape index (κ2) is 4.04. The highest BCUT2D eigenvalue weighted by Crippen LogP contribution is 2.13. The van der Waals surface area contributed by atoms with Crippen LogP contribution < -0.4 is 11.1 Å². The first-order chi connectivity index (χ1) is 6.38. The van der Waals surface area contributed by atoms with Gasteiger partial charge in [0.25, 0.3) is 0 Å². The maximum atomic E-state index is 11.7. The highest BCUT2D eigenvalue weighted by molar-refractivity contribution is 5.74. The van der Waals surface area contributed by atoms with Crippen LogP contribution in [0.25, 0.3) is 0 Å². The summed E-state index contributed by atoms with van der Waals surface area (Å²) in [7, 11) is 0. The van der Waals surface area contributed by atoms with E-state index in [9.17, 15) is 18.0 Å². The van der Waals surface area contributed by atoms with Crippen molar-refractivity contribution < 1.29 is 18.0 Å². The van der Waals surface area contributed by atoms with Crippen LogP contribution in [0.4, 0.5) is 18.0 Å². The van der Waals surface area contributed by atoms with Gasteiger partial charge >= 0.3 is 12.2 Å². The zero-order chi connectivity index (χ0) is 10.8. The molecule has 1 fully saturated rings. The quantitative estimate of drug-likeness (QED) is 0.655. The Morgan fingerprint density at radius 1 is 1.57 bits per heavy atom. The number of carbonyl (C=O) groups is 1. The van der Waals surface area contributed by atoms with Crippen LogP contribution in [0.2, 0.25) is 0 Å². The molecule has 0 saturated carbocycles. The molecule has 1 heterocycles. The molecule has 0 aromatic rings. The normalized spacial score (nSPS) is 22.6. The van der Waals surface area contributed by atoms with Gasteiger partial charge in [-0.25, -0.2) is 4.79 Å². The van der Waals surface area contributed by atoms with Gasteiger partial charge in [-0.1, -0.05) is 0 Å². The Hall–Kier alpha value is -0.980. The van der Waals surface area contributed by atoms with Crippen molar-refractivity contribution in [3.05, 3.63) is 0 Å². The van der Waals surface area contributed by atoms with E-state index in [2.05, 4.69) is 0 Å². The molecule has 1 rings (SSSR count). The van der Waals surface area contributed by atoms with Gasteiger partial charge < -0.3 is 16.0 Å². The summed E-state index contributed by atoms with van der Waals surface area (Å²) < 4.78 is 35.2. The lowest BCUT2D eigenvalue weighted by Crippen LogP contribution is -2.43. The third kappa shape index (κ3) is 3.41. The number of nitrogens with one attached hydrogen (secondary N) is 1. The molecule has 0 unspecified atom stereocenters. The minimum Gasteiger partial charge on any atom is -0.329 e. The molecule has 0 spiro atoms. The van der Waals surface area contributed by atoms with Crippen molar-refractivity contribution in [1.29, 1.82) is 0 Å². The van der Waals surface area contributed by atoms with Gasteiger partial charge in [0, 0.05) is 19.1 Å². The highest BCUT2D eigenvalue weighted by Gasteiger charge is 2.30. The Morgan fingerprint density at radius 3 is 2.64 bits per heavy atom. The number of urea groups is 1. The Bertz CT molecular complexity index is 219. The second-order valence-electron chi connectivity index (χ2n) is 3.27. The fourth-order valence-electron chi connectivity index (χ4n) is 1.26. The Labute approximate surface area is 79.2 Å². The van der Waals surface area contributed by atoms with Crippen molar-refractivity contribution in [3.63, 3.8) is 0 Å². The van der Waals surface area contributed by atoms with Crippen molar-refractivity contribution >= 4 is 6.03 Å². The SMILES string of the molecule is N[C@H]1CCN(C(=O)NCC(F)(F)F)C1. The van der Waals surface area contributed by atoms with Crippen molar-refractivity contribution in [2.24, 2.45) is 5.73 Å². The molecule has 7 heteroatoms. The topological polar surface area (TPSA) is 58.4 Å². The van der Waals surface area contributed by atoms with Gasteiger partial charge in [-0.3, -0.25) is 0 Å². The molecule has 82 valence electrons. The number of rotatable bonds is 1. The molecule has 1 aliphatic heterocycles. The molecule has 1 aliphatic rings. The van der Waals surface area contributed by atoms with Crippen LogP contribution in [0.15, 0.2) is 0 Å². The Balaban J connectivity index is 2.29. The van der Waals surface area contributed by atoms with E-state index >= 15 is 0 Å². The van der Waals surface area contributed by atoms with Crippen LogP contribution in [-0.4, -0.2) is 42.8 Å². The molecule has 0 aromatic carbocycles. The number of nitrogens with two attached hydrogens (primary N) is 1. The summed E-state index contributed by atoms with van der Waals surface area (Å²) >= 11 is 0. The lowest BCUT2D eigenvalue weighted by atomic mass is 10.3. The fourth-order valence-corrected chi connectivity index (χ4v) is 1.26. The molecular formula is C7H12F3N3O. The van der Waals surface area contributed by atoms with Crippen LogP contribution in [0.3, 0.4) is 0 Å². The number of hydrogen-bond donors (Lipinski definition) is 2. The van der Waals surface area contributed by atoms with Crippen molar-refractivity contribution in [2.45, 2.75) is 18.6 Å². The van der Waals surface area contributed by atoms with Crippen LogP contribution >= 0.6 is 0 Å². The first-order valence-electron chi connectivity index (χ1n) is 4.23.